The summed E-state index contributed by atoms with van der Waals surface area (Å²) >= 11 is 0. The van der Waals surface area contributed by atoms with Crippen LogP contribution < -0.4 is 10.5 Å². The highest BCUT2D eigenvalue weighted by atomic mass is 16.7. The Hall–Kier alpha value is -1.91. The van der Waals surface area contributed by atoms with Crippen LogP contribution in [0, 0.1) is 0 Å². The number of aromatic nitrogens is 1. The van der Waals surface area contributed by atoms with Gasteiger partial charge < -0.3 is 15.2 Å². The molecule has 0 aliphatic heterocycles. The van der Waals surface area contributed by atoms with E-state index in [1.54, 1.807) is 19.5 Å². The number of hydrogen-bond acceptors (Lipinski definition) is 4. The fourth-order valence-electron chi connectivity index (χ4n) is 1.70. The summed E-state index contributed by atoms with van der Waals surface area (Å²) in [6.07, 6.45) is 3.55. The molecule has 0 bridgehead atoms. The van der Waals surface area contributed by atoms with Crippen LogP contribution in [0.4, 0.5) is 0 Å². The quantitative estimate of drug-likeness (QED) is 0.819. The number of methoxy groups -OCH3 is 1. The van der Waals surface area contributed by atoms with Crippen LogP contribution in [0.15, 0.2) is 42.7 Å². The summed E-state index contributed by atoms with van der Waals surface area (Å²) in [5.74, 6) is 0.757. The second-order valence-electron chi connectivity index (χ2n) is 3.83. The lowest BCUT2D eigenvalue weighted by atomic mass is 10.0. The molecule has 2 rings (SSSR count). The van der Waals surface area contributed by atoms with Crippen molar-refractivity contribution in [3.63, 3.8) is 0 Å². The monoisotopic (exact) mass is 244 g/mol. The van der Waals surface area contributed by atoms with E-state index >= 15 is 0 Å². The summed E-state index contributed by atoms with van der Waals surface area (Å²) in [5, 5.41) is 0. The van der Waals surface area contributed by atoms with Gasteiger partial charge in [0.2, 0.25) is 0 Å². The van der Waals surface area contributed by atoms with Crippen molar-refractivity contribution in [2.45, 2.75) is 6.54 Å². The maximum Gasteiger partial charge on any atom is 0.188 e. The molecule has 2 aromatic rings. The second kappa shape index (κ2) is 6.14. The van der Waals surface area contributed by atoms with Crippen molar-refractivity contribution in [1.82, 2.24) is 4.98 Å². The number of hydrogen-bond donors (Lipinski definition) is 1. The smallest absolute Gasteiger partial charge is 0.188 e. The van der Waals surface area contributed by atoms with Gasteiger partial charge in [0, 0.05) is 37.2 Å². The normalized spacial score (nSPS) is 10.3. The second-order valence-corrected chi connectivity index (χ2v) is 3.83. The molecule has 0 unspecified atom stereocenters. The fraction of sp³-hybridized carbons (Fsp3) is 0.214. The highest BCUT2D eigenvalue weighted by Gasteiger charge is 2.07. The SMILES string of the molecule is COCOc1cc(CN)ccc1-c1cccnc1. The van der Waals surface area contributed by atoms with E-state index in [1.165, 1.54) is 0 Å². The standard InChI is InChI=1S/C14H16N2O2/c1-17-10-18-14-7-11(8-15)4-5-13(14)12-3-2-6-16-9-12/h2-7,9H,8,10,15H2,1H3. The maximum absolute atomic E-state index is 5.64. The molecule has 94 valence electrons. The zero-order chi connectivity index (χ0) is 12.8. The lowest BCUT2D eigenvalue weighted by Crippen LogP contribution is -2.02. The first-order valence-electron chi connectivity index (χ1n) is 5.70. The molecule has 0 aliphatic rings. The molecule has 0 aliphatic carbocycles. The average Bonchev–Trinajstić information content (AvgIpc) is 2.45. The van der Waals surface area contributed by atoms with Gasteiger partial charge in [-0.25, -0.2) is 0 Å². The number of nitrogens with two attached hydrogens (primary N) is 1. The minimum absolute atomic E-state index is 0.210. The molecule has 0 atom stereocenters. The summed E-state index contributed by atoms with van der Waals surface area (Å²) in [5.41, 5.74) is 8.65. The number of nitrogens with zero attached hydrogens (tertiary/aromatic N) is 1. The lowest BCUT2D eigenvalue weighted by molar-refractivity contribution is 0.0515. The van der Waals surface area contributed by atoms with E-state index in [-0.39, 0.29) is 6.79 Å². The Morgan fingerprint density at radius 1 is 1.28 bits per heavy atom. The molecular weight excluding hydrogens is 228 g/mol. The van der Waals surface area contributed by atoms with E-state index in [2.05, 4.69) is 4.98 Å². The van der Waals surface area contributed by atoms with Crippen molar-refractivity contribution in [2.24, 2.45) is 5.73 Å². The van der Waals surface area contributed by atoms with Crippen LogP contribution in [0.1, 0.15) is 5.56 Å². The highest BCUT2D eigenvalue weighted by molar-refractivity contribution is 5.70. The summed E-state index contributed by atoms with van der Waals surface area (Å²) in [7, 11) is 1.59. The van der Waals surface area contributed by atoms with Crippen molar-refractivity contribution in [2.75, 3.05) is 13.9 Å². The van der Waals surface area contributed by atoms with Gasteiger partial charge in [-0.2, -0.15) is 0 Å². The van der Waals surface area contributed by atoms with Gasteiger partial charge in [-0.3, -0.25) is 4.98 Å². The van der Waals surface area contributed by atoms with E-state index in [9.17, 15) is 0 Å². The van der Waals surface area contributed by atoms with Crippen molar-refractivity contribution < 1.29 is 9.47 Å². The Labute approximate surface area is 106 Å². The van der Waals surface area contributed by atoms with Gasteiger partial charge in [-0.05, 0) is 17.7 Å². The van der Waals surface area contributed by atoms with Gasteiger partial charge >= 0.3 is 0 Å². The van der Waals surface area contributed by atoms with Gasteiger partial charge in [0.15, 0.2) is 6.79 Å². The predicted molar refractivity (Wildman–Crippen MR) is 70.1 cm³/mol. The van der Waals surface area contributed by atoms with Gasteiger partial charge in [0.05, 0.1) is 0 Å². The minimum atomic E-state index is 0.210. The van der Waals surface area contributed by atoms with Gasteiger partial charge in [0.25, 0.3) is 0 Å². The molecule has 18 heavy (non-hydrogen) atoms. The van der Waals surface area contributed by atoms with Crippen molar-refractivity contribution in [3.05, 3.63) is 48.3 Å². The van der Waals surface area contributed by atoms with E-state index in [1.807, 2.05) is 30.3 Å². The molecular formula is C14H16N2O2. The molecule has 0 saturated carbocycles. The largest absolute Gasteiger partial charge is 0.467 e. The molecule has 1 aromatic carbocycles. The first kappa shape index (κ1) is 12.5. The molecule has 4 heteroatoms. The number of pyridine rings is 1. The topological polar surface area (TPSA) is 57.4 Å². The van der Waals surface area contributed by atoms with E-state index in [0.29, 0.717) is 6.54 Å². The Morgan fingerprint density at radius 3 is 2.83 bits per heavy atom. The van der Waals surface area contributed by atoms with Crippen molar-refractivity contribution >= 4 is 0 Å². The molecule has 0 fully saturated rings. The summed E-state index contributed by atoms with van der Waals surface area (Å²) in [4.78, 5) is 4.11. The van der Waals surface area contributed by atoms with E-state index < -0.39 is 0 Å². The summed E-state index contributed by atoms with van der Waals surface area (Å²) in [6.45, 7) is 0.692. The highest BCUT2D eigenvalue weighted by Crippen LogP contribution is 2.30. The average molecular weight is 244 g/mol. The molecule has 2 N–H and O–H groups in total. The number of ether oxygens (including phenoxy) is 2. The third kappa shape index (κ3) is 2.85. The minimum Gasteiger partial charge on any atom is -0.467 e. The van der Waals surface area contributed by atoms with Crippen LogP contribution in [0.5, 0.6) is 5.75 Å². The third-order valence-electron chi connectivity index (χ3n) is 2.59. The number of rotatable bonds is 5. The molecule has 0 saturated heterocycles. The van der Waals surface area contributed by atoms with Crippen molar-refractivity contribution in [3.8, 4) is 16.9 Å². The first-order chi connectivity index (χ1) is 8.85. The molecule has 1 heterocycles. The predicted octanol–water partition coefficient (Wildman–Crippen LogP) is 2.19. The Balaban J connectivity index is 2.39. The van der Waals surface area contributed by atoms with Crippen LogP contribution in [-0.2, 0) is 11.3 Å². The zero-order valence-corrected chi connectivity index (χ0v) is 10.3. The van der Waals surface area contributed by atoms with Gasteiger partial charge in [0.1, 0.15) is 5.75 Å². The van der Waals surface area contributed by atoms with Gasteiger partial charge in [-0.15, -0.1) is 0 Å². The molecule has 0 spiro atoms. The van der Waals surface area contributed by atoms with Crippen LogP contribution in [0.3, 0.4) is 0 Å². The van der Waals surface area contributed by atoms with Crippen LogP contribution in [0.2, 0.25) is 0 Å². The van der Waals surface area contributed by atoms with Gasteiger partial charge in [-0.1, -0.05) is 18.2 Å². The van der Waals surface area contributed by atoms with Crippen LogP contribution >= 0.6 is 0 Å². The first-order valence-corrected chi connectivity index (χ1v) is 5.70. The molecule has 4 nitrogen and oxygen atoms in total. The van der Waals surface area contributed by atoms with E-state index in [4.69, 9.17) is 15.2 Å². The Bertz CT molecular complexity index is 500. The fourth-order valence-corrected chi connectivity index (χ4v) is 1.70. The van der Waals surface area contributed by atoms with Crippen molar-refractivity contribution in [1.29, 1.82) is 0 Å². The van der Waals surface area contributed by atoms with E-state index in [0.717, 1.165) is 22.4 Å². The maximum atomic E-state index is 5.64. The lowest BCUT2D eigenvalue weighted by Gasteiger charge is -2.12. The Kier molecular flexibility index (Phi) is 4.28. The molecule has 0 radical (unpaired) electrons. The molecule has 0 amide bonds. The zero-order valence-electron chi connectivity index (χ0n) is 10.3. The summed E-state index contributed by atoms with van der Waals surface area (Å²) in [6, 6.07) is 9.80. The summed E-state index contributed by atoms with van der Waals surface area (Å²) < 4.78 is 10.5. The Morgan fingerprint density at radius 2 is 2.17 bits per heavy atom. The molecule has 1 aromatic heterocycles. The van der Waals surface area contributed by atoms with Crippen LogP contribution in [-0.4, -0.2) is 18.9 Å². The third-order valence-corrected chi connectivity index (χ3v) is 2.59. The number of benzene rings is 1. The van der Waals surface area contributed by atoms with Crippen LogP contribution in [0.25, 0.3) is 11.1 Å².